The minimum atomic E-state index is 0.153. The lowest BCUT2D eigenvalue weighted by molar-refractivity contribution is -0.00501. The van der Waals surface area contributed by atoms with Crippen LogP contribution in [0.1, 0.15) is 24.8 Å². The van der Waals surface area contributed by atoms with Crippen molar-refractivity contribution in [1.29, 1.82) is 0 Å². The molecule has 2 N–H and O–H groups in total. The SMILES string of the molecule is CN=C(NCCCc1ccccc1)NCC1(N(C)C)CCOCC1. The van der Waals surface area contributed by atoms with Crippen LogP contribution in [0.25, 0.3) is 0 Å². The van der Waals surface area contributed by atoms with Crippen LogP contribution < -0.4 is 10.6 Å². The number of aryl methyl sites for hydroxylation is 1. The normalized spacial score (nSPS) is 17.8. The van der Waals surface area contributed by atoms with Gasteiger partial charge in [0, 0.05) is 38.9 Å². The predicted octanol–water partition coefficient (Wildman–Crippen LogP) is 1.89. The van der Waals surface area contributed by atoms with Gasteiger partial charge in [-0.2, -0.15) is 0 Å². The Morgan fingerprint density at radius 1 is 1.17 bits per heavy atom. The van der Waals surface area contributed by atoms with Crippen molar-refractivity contribution in [3.63, 3.8) is 0 Å². The van der Waals surface area contributed by atoms with E-state index >= 15 is 0 Å². The maximum absolute atomic E-state index is 5.53. The number of nitrogens with one attached hydrogen (secondary N) is 2. The average molecular weight is 332 g/mol. The molecule has 1 aromatic carbocycles. The van der Waals surface area contributed by atoms with E-state index in [-0.39, 0.29) is 5.54 Å². The van der Waals surface area contributed by atoms with Gasteiger partial charge < -0.3 is 20.3 Å². The summed E-state index contributed by atoms with van der Waals surface area (Å²) in [4.78, 5) is 6.68. The molecule has 24 heavy (non-hydrogen) atoms. The van der Waals surface area contributed by atoms with Crippen molar-refractivity contribution >= 4 is 5.96 Å². The first kappa shape index (κ1) is 18.7. The fourth-order valence-electron chi connectivity index (χ4n) is 3.15. The van der Waals surface area contributed by atoms with Crippen LogP contribution >= 0.6 is 0 Å². The van der Waals surface area contributed by atoms with Crippen molar-refractivity contribution in [3.8, 4) is 0 Å². The second kappa shape index (κ2) is 9.64. The summed E-state index contributed by atoms with van der Waals surface area (Å²) in [6.07, 6.45) is 4.29. The first-order valence-corrected chi connectivity index (χ1v) is 8.90. The number of nitrogens with zero attached hydrogens (tertiary/aromatic N) is 2. The number of guanidine groups is 1. The van der Waals surface area contributed by atoms with Gasteiger partial charge in [-0.3, -0.25) is 4.99 Å². The quantitative estimate of drug-likeness (QED) is 0.455. The second-order valence-corrected chi connectivity index (χ2v) is 6.67. The highest BCUT2D eigenvalue weighted by Crippen LogP contribution is 2.24. The maximum Gasteiger partial charge on any atom is 0.191 e. The van der Waals surface area contributed by atoms with E-state index in [1.54, 1.807) is 0 Å². The van der Waals surface area contributed by atoms with Crippen molar-refractivity contribution in [3.05, 3.63) is 35.9 Å². The summed E-state index contributed by atoms with van der Waals surface area (Å²) in [5.74, 6) is 0.885. The van der Waals surface area contributed by atoms with Crippen LogP contribution in [0.2, 0.25) is 0 Å². The molecular weight excluding hydrogens is 300 g/mol. The van der Waals surface area contributed by atoms with Crippen LogP contribution in [-0.4, -0.2) is 63.8 Å². The Bertz CT molecular complexity index is 495. The molecule has 134 valence electrons. The van der Waals surface area contributed by atoms with E-state index in [9.17, 15) is 0 Å². The topological polar surface area (TPSA) is 48.9 Å². The second-order valence-electron chi connectivity index (χ2n) is 6.67. The smallest absolute Gasteiger partial charge is 0.191 e. The molecule has 1 aromatic rings. The van der Waals surface area contributed by atoms with Crippen LogP contribution in [0, 0.1) is 0 Å². The fourth-order valence-corrected chi connectivity index (χ4v) is 3.15. The molecule has 1 saturated heterocycles. The van der Waals surface area contributed by atoms with Gasteiger partial charge in [-0.15, -0.1) is 0 Å². The Morgan fingerprint density at radius 3 is 2.50 bits per heavy atom. The summed E-state index contributed by atoms with van der Waals surface area (Å²) in [7, 11) is 6.14. The summed E-state index contributed by atoms with van der Waals surface area (Å²) >= 11 is 0. The minimum Gasteiger partial charge on any atom is -0.381 e. The largest absolute Gasteiger partial charge is 0.381 e. The van der Waals surface area contributed by atoms with Gasteiger partial charge in [0.1, 0.15) is 0 Å². The Hall–Kier alpha value is -1.59. The molecule has 0 aliphatic carbocycles. The highest BCUT2D eigenvalue weighted by molar-refractivity contribution is 5.79. The van der Waals surface area contributed by atoms with Gasteiger partial charge in [-0.1, -0.05) is 30.3 Å². The lowest BCUT2D eigenvalue weighted by atomic mass is 9.88. The van der Waals surface area contributed by atoms with Crippen LogP contribution in [0.15, 0.2) is 35.3 Å². The summed E-state index contributed by atoms with van der Waals surface area (Å²) in [6.45, 7) is 3.49. The van der Waals surface area contributed by atoms with Crippen LogP contribution in [0.3, 0.4) is 0 Å². The van der Waals surface area contributed by atoms with Gasteiger partial charge >= 0.3 is 0 Å². The molecule has 1 aliphatic rings. The number of ether oxygens (including phenoxy) is 1. The molecule has 0 spiro atoms. The van der Waals surface area contributed by atoms with E-state index in [0.717, 1.165) is 57.9 Å². The van der Waals surface area contributed by atoms with Gasteiger partial charge in [-0.05, 0) is 45.3 Å². The van der Waals surface area contributed by atoms with Gasteiger partial charge in [0.25, 0.3) is 0 Å². The number of aliphatic imine (C=N–C) groups is 1. The molecule has 5 nitrogen and oxygen atoms in total. The lowest BCUT2D eigenvalue weighted by Crippen LogP contribution is -2.57. The number of hydrogen-bond donors (Lipinski definition) is 2. The third kappa shape index (κ3) is 5.49. The number of benzene rings is 1. The summed E-state index contributed by atoms with van der Waals surface area (Å²) in [6, 6.07) is 10.6. The molecular formula is C19H32N4O. The third-order valence-corrected chi connectivity index (χ3v) is 4.96. The van der Waals surface area contributed by atoms with Crippen molar-refractivity contribution in [2.75, 3.05) is 47.4 Å². The molecule has 0 radical (unpaired) electrons. The molecule has 1 heterocycles. The molecule has 0 unspecified atom stereocenters. The monoisotopic (exact) mass is 332 g/mol. The Labute approximate surface area is 146 Å². The van der Waals surface area contributed by atoms with Crippen LogP contribution in [-0.2, 0) is 11.2 Å². The first-order chi connectivity index (χ1) is 11.7. The standard InChI is InChI=1S/C19H32N4O/c1-20-18(21-13-7-10-17-8-5-4-6-9-17)22-16-19(23(2)3)11-14-24-15-12-19/h4-6,8-9H,7,10-16H2,1-3H3,(H2,20,21,22). The fraction of sp³-hybridized carbons (Fsp3) is 0.632. The number of likely N-dealkylation sites (N-methyl/N-ethyl adjacent to an activating group) is 1. The van der Waals surface area contributed by atoms with E-state index in [4.69, 9.17) is 4.74 Å². The molecule has 0 atom stereocenters. The Kier molecular flexibility index (Phi) is 7.53. The van der Waals surface area contributed by atoms with Crippen LogP contribution in [0.4, 0.5) is 0 Å². The minimum absolute atomic E-state index is 0.153. The Balaban J connectivity index is 1.73. The van der Waals surface area contributed by atoms with Gasteiger partial charge in [-0.25, -0.2) is 0 Å². The maximum atomic E-state index is 5.53. The average Bonchev–Trinajstić information content (AvgIpc) is 2.62. The van der Waals surface area contributed by atoms with Crippen LogP contribution in [0.5, 0.6) is 0 Å². The molecule has 1 fully saturated rings. The van der Waals surface area contributed by atoms with Crippen molar-refractivity contribution in [2.45, 2.75) is 31.2 Å². The van der Waals surface area contributed by atoms with Gasteiger partial charge in [0.2, 0.25) is 0 Å². The third-order valence-electron chi connectivity index (χ3n) is 4.96. The highest BCUT2D eigenvalue weighted by Gasteiger charge is 2.34. The first-order valence-electron chi connectivity index (χ1n) is 8.90. The van der Waals surface area contributed by atoms with E-state index in [1.165, 1.54) is 5.56 Å². The van der Waals surface area contributed by atoms with E-state index < -0.39 is 0 Å². The molecule has 5 heteroatoms. The molecule has 1 aliphatic heterocycles. The van der Waals surface area contributed by atoms with E-state index in [0.29, 0.717) is 0 Å². The molecule has 2 rings (SSSR count). The number of hydrogen-bond acceptors (Lipinski definition) is 3. The van der Waals surface area contributed by atoms with Crippen molar-refractivity contribution in [1.82, 2.24) is 15.5 Å². The zero-order valence-corrected chi connectivity index (χ0v) is 15.3. The predicted molar refractivity (Wildman–Crippen MR) is 101 cm³/mol. The molecule has 0 amide bonds. The lowest BCUT2D eigenvalue weighted by Gasteiger charge is -2.43. The zero-order valence-electron chi connectivity index (χ0n) is 15.3. The van der Waals surface area contributed by atoms with Gasteiger partial charge in [0.05, 0.1) is 0 Å². The van der Waals surface area contributed by atoms with Crippen molar-refractivity contribution < 1.29 is 4.74 Å². The van der Waals surface area contributed by atoms with E-state index in [2.05, 4.69) is 65.0 Å². The summed E-state index contributed by atoms with van der Waals surface area (Å²) < 4.78 is 5.53. The molecule has 0 bridgehead atoms. The Morgan fingerprint density at radius 2 is 1.88 bits per heavy atom. The van der Waals surface area contributed by atoms with Crippen molar-refractivity contribution in [2.24, 2.45) is 4.99 Å². The summed E-state index contributed by atoms with van der Waals surface area (Å²) in [5, 5.41) is 6.93. The summed E-state index contributed by atoms with van der Waals surface area (Å²) in [5.41, 5.74) is 1.54. The molecule has 0 saturated carbocycles. The van der Waals surface area contributed by atoms with E-state index in [1.807, 2.05) is 7.05 Å². The molecule has 0 aromatic heterocycles. The van der Waals surface area contributed by atoms with Gasteiger partial charge in [0.15, 0.2) is 5.96 Å². The highest BCUT2D eigenvalue weighted by atomic mass is 16.5. The zero-order chi connectivity index (χ0) is 17.3. The number of rotatable bonds is 7.